The van der Waals surface area contributed by atoms with Gasteiger partial charge in [0.05, 0.1) is 5.69 Å². The van der Waals surface area contributed by atoms with Crippen molar-refractivity contribution in [3.63, 3.8) is 0 Å². The molecule has 1 aliphatic rings. The molecule has 0 aliphatic carbocycles. The molecule has 0 bridgehead atoms. The fourth-order valence-electron chi connectivity index (χ4n) is 1.86. The lowest BCUT2D eigenvalue weighted by Crippen LogP contribution is -2.44. The third-order valence-corrected chi connectivity index (χ3v) is 5.16. The molecule has 22 heavy (non-hydrogen) atoms. The van der Waals surface area contributed by atoms with E-state index in [2.05, 4.69) is 15.6 Å². The standard InChI is InChI=1S/C13H18N4O3S2/c1-7-10(12(20)17(2)3)22-13(14-7)16-11(19)8-6-21-5-4-9(18)15-8/h8H,4-6H2,1-3H3,(H,15,18)(H,14,16,19)/t8-/m1/s1. The number of aryl methyl sites for hydroxylation is 1. The third-order valence-electron chi connectivity index (χ3n) is 3.04. The predicted molar refractivity (Wildman–Crippen MR) is 87.4 cm³/mol. The zero-order valence-corrected chi connectivity index (χ0v) is 14.3. The van der Waals surface area contributed by atoms with Gasteiger partial charge in [-0.15, -0.1) is 0 Å². The summed E-state index contributed by atoms with van der Waals surface area (Å²) < 4.78 is 0. The third kappa shape index (κ3) is 3.98. The Morgan fingerprint density at radius 1 is 1.41 bits per heavy atom. The lowest BCUT2D eigenvalue weighted by molar-refractivity contribution is -0.125. The molecule has 0 radical (unpaired) electrons. The van der Waals surface area contributed by atoms with Crippen LogP contribution in [-0.4, -0.2) is 59.2 Å². The first-order chi connectivity index (χ1) is 10.4. The molecule has 9 heteroatoms. The number of aromatic nitrogens is 1. The van der Waals surface area contributed by atoms with Crippen molar-refractivity contribution in [1.82, 2.24) is 15.2 Å². The van der Waals surface area contributed by atoms with Gasteiger partial charge >= 0.3 is 0 Å². The minimum absolute atomic E-state index is 0.121. The summed E-state index contributed by atoms with van der Waals surface area (Å²) in [4.78, 5) is 41.9. The molecule has 0 saturated carbocycles. The highest BCUT2D eigenvalue weighted by atomic mass is 32.2. The number of hydrogen-bond acceptors (Lipinski definition) is 6. The Kier molecular flexibility index (Phi) is 5.41. The topological polar surface area (TPSA) is 91.4 Å². The lowest BCUT2D eigenvalue weighted by atomic mass is 10.3. The first kappa shape index (κ1) is 16.8. The second-order valence-electron chi connectivity index (χ2n) is 5.07. The summed E-state index contributed by atoms with van der Waals surface area (Å²) in [6.45, 7) is 1.73. The molecule has 2 heterocycles. The molecule has 1 fully saturated rings. The minimum Gasteiger partial charge on any atom is -0.344 e. The summed E-state index contributed by atoms with van der Waals surface area (Å²) >= 11 is 2.70. The summed E-state index contributed by atoms with van der Waals surface area (Å²) in [7, 11) is 3.33. The number of nitrogens with one attached hydrogen (secondary N) is 2. The predicted octanol–water partition coefficient (Wildman–Crippen LogP) is 0.714. The van der Waals surface area contributed by atoms with E-state index in [-0.39, 0.29) is 17.7 Å². The number of thiazole rings is 1. The fourth-order valence-corrected chi connectivity index (χ4v) is 3.82. The lowest BCUT2D eigenvalue weighted by Gasteiger charge is -2.13. The van der Waals surface area contributed by atoms with Crippen molar-refractivity contribution in [1.29, 1.82) is 0 Å². The molecule has 120 valence electrons. The molecule has 0 aromatic carbocycles. The van der Waals surface area contributed by atoms with Gasteiger partial charge in [0.1, 0.15) is 10.9 Å². The van der Waals surface area contributed by atoms with E-state index in [1.807, 2.05) is 0 Å². The van der Waals surface area contributed by atoms with Crippen molar-refractivity contribution >= 4 is 46.0 Å². The maximum absolute atomic E-state index is 12.2. The van der Waals surface area contributed by atoms with E-state index in [0.29, 0.717) is 33.6 Å². The second-order valence-corrected chi connectivity index (χ2v) is 7.22. The van der Waals surface area contributed by atoms with E-state index in [1.165, 1.54) is 4.90 Å². The number of amides is 3. The number of anilines is 1. The highest BCUT2D eigenvalue weighted by molar-refractivity contribution is 7.99. The number of carbonyl (C=O) groups excluding carboxylic acids is 3. The number of nitrogens with zero attached hydrogens (tertiary/aromatic N) is 2. The Balaban J connectivity index is 2.07. The van der Waals surface area contributed by atoms with Crippen LogP contribution in [0.1, 0.15) is 21.8 Å². The molecule has 1 aromatic heterocycles. The van der Waals surface area contributed by atoms with Crippen LogP contribution in [0.2, 0.25) is 0 Å². The number of carbonyl (C=O) groups is 3. The van der Waals surface area contributed by atoms with Crippen molar-refractivity contribution in [2.24, 2.45) is 0 Å². The maximum Gasteiger partial charge on any atom is 0.265 e. The van der Waals surface area contributed by atoms with Crippen LogP contribution in [-0.2, 0) is 9.59 Å². The number of thioether (sulfide) groups is 1. The quantitative estimate of drug-likeness (QED) is 0.844. The molecule has 3 amide bonds. The van der Waals surface area contributed by atoms with Crippen molar-refractivity contribution in [3.8, 4) is 0 Å². The van der Waals surface area contributed by atoms with Gasteiger partial charge in [0.25, 0.3) is 5.91 Å². The fraction of sp³-hybridized carbons (Fsp3) is 0.538. The molecule has 0 spiro atoms. The molecule has 1 saturated heterocycles. The van der Waals surface area contributed by atoms with Crippen LogP contribution in [0.5, 0.6) is 0 Å². The Morgan fingerprint density at radius 3 is 2.82 bits per heavy atom. The largest absolute Gasteiger partial charge is 0.344 e. The highest BCUT2D eigenvalue weighted by Crippen LogP contribution is 2.24. The summed E-state index contributed by atoms with van der Waals surface area (Å²) in [5, 5.41) is 5.75. The number of rotatable bonds is 3. The Bertz CT molecular complexity index is 600. The normalized spacial score (nSPS) is 18.3. The van der Waals surface area contributed by atoms with E-state index in [9.17, 15) is 14.4 Å². The zero-order chi connectivity index (χ0) is 16.3. The summed E-state index contributed by atoms with van der Waals surface area (Å²) in [6, 6.07) is -0.572. The molecule has 1 atom stereocenters. The molecule has 1 aromatic rings. The smallest absolute Gasteiger partial charge is 0.265 e. The van der Waals surface area contributed by atoms with Crippen molar-refractivity contribution in [2.45, 2.75) is 19.4 Å². The van der Waals surface area contributed by atoms with Crippen LogP contribution in [0.25, 0.3) is 0 Å². The van der Waals surface area contributed by atoms with Crippen LogP contribution in [0, 0.1) is 6.92 Å². The SMILES string of the molecule is Cc1nc(NC(=O)[C@H]2CSCCC(=O)N2)sc1C(=O)N(C)C. The van der Waals surface area contributed by atoms with E-state index in [4.69, 9.17) is 0 Å². The summed E-state index contributed by atoms with van der Waals surface area (Å²) in [5.41, 5.74) is 0.582. The van der Waals surface area contributed by atoms with Gasteiger partial charge in [-0.25, -0.2) is 4.98 Å². The van der Waals surface area contributed by atoms with Gasteiger partial charge in [-0.05, 0) is 6.92 Å². The molecule has 1 aliphatic heterocycles. The van der Waals surface area contributed by atoms with Crippen molar-refractivity contribution in [2.75, 3.05) is 30.9 Å². The number of hydrogen-bond donors (Lipinski definition) is 2. The van der Waals surface area contributed by atoms with E-state index in [0.717, 1.165) is 11.3 Å². The van der Waals surface area contributed by atoms with E-state index in [1.54, 1.807) is 32.8 Å². The van der Waals surface area contributed by atoms with Crippen LogP contribution in [0.15, 0.2) is 0 Å². The van der Waals surface area contributed by atoms with Crippen LogP contribution in [0.4, 0.5) is 5.13 Å². The molecule has 2 rings (SSSR count). The van der Waals surface area contributed by atoms with Crippen LogP contribution >= 0.6 is 23.1 Å². The molecular formula is C13H18N4O3S2. The van der Waals surface area contributed by atoms with Gasteiger partial charge in [-0.3, -0.25) is 14.4 Å². The average Bonchev–Trinajstić information content (AvgIpc) is 2.67. The Morgan fingerprint density at radius 2 is 2.14 bits per heavy atom. The molecule has 2 N–H and O–H groups in total. The van der Waals surface area contributed by atoms with Crippen LogP contribution < -0.4 is 10.6 Å². The van der Waals surface area contributed by atoms with Crippen molar-refractivity contribution in [3.05, 3.63) is 10.6 Å². The van der Waals surface area contributed by atoms with Gasteiger partial charge < -0.3 is 15.5 Å². The highest BCUT2D eigenvalue weighted by Gasteiger charge is 2.25. The molecule has 7 nitrogen and oxygen atoms in total. The van der Waals surface area contributed by atoms with Crippen molar-refractivity contribution < 1.29 is 14.4 Å². The van der Waals surface area contributed by atoms with Crippen LogP contribution in [0.3, 0.4) is 0 Å². The average molecular weight is 342 g/mol. The Labute approximate surface area is 136 Å². The van der Waals surface area contributed by atoms with Gasteiger partial charge in [0.2, 0.25) is 11.8 Å². The minimum atomic E-state index is -0.572. The van der Waals surface area contributed by atoms with Gasteiger partial charge in [0.15, 0.2) is 5.13 Å². The van der Waals surface area contributed by atoms with Gasteiger partial charge in [-0.1, -0.05) is 11.3 Å². The van der Waals surface area contributed by atoms with Gasteiger partial charge in [0, 0.05) is 32.0 Å². The van der Waals surface area contributed by atoms with Gasteiger partial charge in [-0.2, -0.15) is 11.8 Å². The maximum atomic E-state index is 12.2. The molecular weight excluding hydrogens is 324 g/mol. The zero-order valence-electron chi connectivity index (χ0n) is 12.6. The Hall–Kier alpha value is -1.61. The monoisotopic (exact) mass is 342 g/mol. The van der Waals surface area contributed by atoms with E-state index >= 15 is 0 Å². The second kappa shape index (κ2) is 7.10. The summed E-state index contributed by atoms with van der Waals surface area (Å²) in [6.07, 6.45) is 0.423. The first-order valence-corrected chi connectivity index (χ1v) is 8.72. The first-order valence-electron chi connectivity index (χ1n) is 6.75. The summed E-state index contributed by atoms with van der Waals surface area (Å²) in [5.74, 6) is 0.678. The van der Waals surface area contributed by atoms with E-state index < -0.39 is 6.04 Å². The molecule has 0 unspecified atom stereocenters.